The third kappa shape index (κ3) is 5.77. The van der Waals surface area contributed by atoms with Crippen molar-refractivity contribution in [1.82, 2.24) is 15.6 Å². The molecule has 27 heavy (non-hydrogen) atoms. The molecule has 0 radical (unpaired) electrons. The summed E-state index contributed by atoms with van der Waals surface area (Å²) in [5, 5.41) is 12.9. The number of amides is 1. The molecule has 9 heteroatoms. The third-order valence-corrected chi connectivity index (χ3v) is 4.53. The lowest BCUT2D eigenvalue weighted by atomic mass is 10.2. The average Bonchev–Trinajstić information content (AvgIpc) is 3.06. The monoisotopic (exact) mass is 401 g/mol. The molecule has 0 unspecified atom stereocenters. The van der Waals surface area contributed by atoms with Crippen LogP contribution in [0, 0.1) is 0 Å². The number of nitrogens with two attached hydrogens (primary N) is 1. The summed E-state index contributed by atoms with van der Waals surface area (Å²) < 4.78 is 5.76. The number of anilines is 1. The Bertz CT molecular complexity index is 960. The van der Waals surface area contributed by atoms with Crippen LogP contribution in [0.4, 0.5) is 5.13 Å². The molecule has 0 saturated carbocycles. The Kier molecular flexibility index (Phi) is 6.35. The van der Waals surface area contributed by atoms with Gasteiger partial charge < -0.3 is 10.5 Å². The van der Waals surface area contributed by atoms with Crippen LogP contribution >= 0.6 is 22.9 Å². The minimum Gasteiger partial charge on any atom is -0.489 e. The number of halogens is 1. The Morgan fingerprint density at radius 2 is 2.11 bits per heavy atom. The van der Waals surface area contributed by atoms with Crippen molar-refractivity contribution in [2.45, 2.75) is 13.0 Å². The number of carbonyl (C=O) groups is 1. The van der Waals surface area contributed by atoms with E-state index in [-0.39, 0.29) is 12.3 Å². The Morgan fingerprint density at radius 3 is 2.89 bits per heavy atom. The van der Waals surface area contributed by atoms with Crippen LogP contribution in [-0.2, 0) is 17.8 Å². The van der Waals surface area contributed by atoms with Crippen LogP contribution in [0.1, 0.15) is 16.1 Å². The zero-order chi connectivity index (χ0) is 19.1. The smallest absolute Gasteiger partial charge is 0.247 e. The van der Waals surface area contributed by atoms with Gasteiger partial charge in [-0.25, -0.2) is 5.43 Å². The van der Waals surface area contributed by atoms with E-state index in [0.29, 0.717) is 27.5 Å². The fourth-order valence-electron chi connectivity index (χ4n) is 2.15. The quantitative estimate of drug-likeness (QED) is 0.468. The number of ether oxygens (including phenoxy) is 1. The van der Waals surface area contributed by atoms with Crippen molar-refractivity contribution < 1.29 is 9.53 Å². The van der Waals surface area contributed by atoms with Crippen LogP contribution in [0.5, 0.6) is 5.75 Å². The number of aromatic nitrogens is 2. The van der Waals surface area contributed by atoms with Gasteiger partial charge in [0.2, 0.25) is 11.0 Å². The number of benzene rings is 2. The fraction of sp³-hybridized carbons (Fsp3) is 0.111. The molecule has 3 N–H and O–H groups in total. The number of hydrazone groups is 1. The molecule has 0 aliphatic rings. The maximum Gasteiger partial charge on any atom is 0.247 e. The molecule has 1 aromatic heterocycles. The lowest BCUT2D eigenvalue weighted by Crippen LogP contribution is -2.19. The first-order valence-electron chi connectivity index (χ1n) is 7.96. The van der Waals surface area contributed by atoms with Crippen LogP contribution in [0.3, 0.4) is 0 Å². The second-order valence-corrected chi connectivity index (χ2v) is 6.96. The topological polar surface area (TPSA) is 102 Å². The van der Waals surface area contributed by atoms with Crippen LogP contribution in [0.25, 0.3) is 0 Å². The van der Waals surface area contributed by atoms with Crippen LogP contribution in [-0.4, -0.2) is 22.3 Å². The molecule has 7 nitrogen and oxygen atoms in total. The summed E-state index contributed by atoms with van der Waals surface area (Å²) in [6, 6.07) is 14.9. The van der Waals surface area contributed by atoms with Crippen molar-refractivity contribution in [3.63, 3.8) is 0 Å². The van der Waals surface area contributed by atoms with E-state index < -0.39 is 0 Å². The number of hydrogen-bond donors (Lipinski definition) is 2. The van der Waals surface area contributed by atoms with Crippen LogP contribution < -0.4 is 15.9 Å². The zero-order valence-corrected chi connectivity index (χ0v) is 15.7. The molecule has 0 saturated heterocycles. The van der Waals surface area contributed by atoms with Crippen molar-refractivity contribution in [3.8, 4) is 5.75 Å². The second-order valence-electron chi connectivity index (χ2n) is 5.46. The molecular weight excluding hydrogens is 386 g/mol. The predicted octanol–water partition coefficient (Wildman–Crippen LogP) is 3.05. The van der Waals surface area contributed by atoms with Gasteiger partial charge >= 0.3 is 0 Å². The van der Waals surface area contributed by atoms with Crippen molar-refractivity contribution in [1.29, 1.82) is 0 Å². The first kappa shape index (κ1) is 18.8. The molecule has 138 valence electrons. The first-order valence-corrected chi connectivity index (χ1v) is 9.15. The molecule has 3 aromatic rings. The van der Waals surface area contributed by atoms with E-state index in [9.17, 15) is 4.79 Å². The van der Waals surface area contributed by atoms with Gasteiger partial charge in [0.25, 0.3) is 0 Å². The normalized spacial score (nSPS) is 10.9. The molecule has 3 rings (SSSR count). The maximum absolute atomic E-state index is 11.8. The van der Waals surface area contributed by atoms with Gasteiger partial charge in [0.15, 0.2) is 0 Å². The highest BCUT2D eigenvalue weighted by atomic mass is 35.5. The molecule has 0 aliphatic carbocycles. The number of nitrogens with zero attached hydrogens (tertiary/aromatic N) is 3. The van der Waals surface area contributed by atoms with E-state index in [1.54, 1.807) is 0 Å². The highest BCUT2D eigenvalue weighted by Gasteiger charge is 2.07. The summed E-state index contributed by atoms with van der Waals surface area (Å²) in [6.07, 6.45) is 1.61. The van der Waals surface area contributed by atoms with Gasteiger partial charge in [0.1, 0.15) is 17.4 Å². The molecule has 0 spiro atoms. The lowest BCUT2D eigenvalue weighted by molar-refractivity contribution is -0.120. The van der Waals surface area contributed by atoms with Crippen LogP contribution in [0.15, 0.2) is 53.6 Å². The number of rotatable bonds is 7. The third-order valence-electron chi connectivity index (χ3n) is 3.41. The highest BCUT2D eigenvalue weighted by molar-refractivity contribution is 7.15. The Morgan fingerprint density at radius 1 is 1.26 bits per heavy atom. The summed E-state index contributed by atoms with van der Waals surface area (Å²) >= 11 is 7.29. The van der Waals surface area contributed by atoms with Crippen molar-refractivity contribution in [2.75, 3.05) is 5.73 Å². The van der Waals surface area contributed by atoms with Crippen molar-refractivity contribution >= 4 is 40.2 Å². The SMILES string of the molecule is Nc1nnc(CC(=O)N/N=C\c2cccc(OCc3ccccc3Cl)c2)s1. The largest absolute Gasteiger partial charge is 0.489 e. The van der Waals surface area contributed by atoms with Gasteiger partial charge in [-0.05, 0) is 23.8 Å². The molecule has 0 atom stereocenters. The van der Waals surface area contributed by atoms with Gasteiger partial charge in [-0.1, -0.05) is 53.3 Å². The molecule has 1 amide bonds. The molecule has 0 bridgehead atoms. The summed E-state index contributed by atoms with van der Waals surface area (Å²) in [5.74, 6) is 0.378. The highest BCUT2D eigenvalue weighted by Crippen LogP contribution is 2.19. The molecule has 1 heterocycles. The predicted molar refractivity (Wildman–Crippen MR) is 106 cm³/mol. The van der Waals surface area contributed by atoms with E-state index in [0.717, 1.165) is 11.1 Å². The minimum atomic E-state index is -0.298. The van der Waals surface area contributed by atoms with Gasteiger partial charge in [0, 0.05) is 10.6 Å². The van der Waals surface area contributed by atoms with Gasteiger partial charge in [0.05, 0.1) is 12.6 Å². The Labute approximate surface area is 164 Å². The standard InChI is InChI=1S/C18H16ClN5O2S/c19-15-7-2-1-5-13(15)11-26-14-6-3-4-12(8-14)10-21-22-16(25)9-17-23-24-18(20)27-17/h1-8,10H,9,11H2,(H2,20,24)(H,22,25)/b21-10-. The Hall–Kier alpha value is -2.97. The fourth-order valence-corrected chi connectivity index (χ4v) is 2.95. The number of nitrogen functional groups attached to an aromatic ring is 1. The summed E-state index contributed by atoms with van der Waals surface area (Å²) in [6.45, 7) is 0.363. The van der Waals surface area contributed by atoms with Crippen molar-refractivity contribution in [2.24, 2.45) is 5.10 Å². The van der Waals surface area contributed by atoms with E-state index in [2.05, 4.69) is 20.7 Å². The molecule has 0 fully saturated rings. The van der Waals surface area contributed by atoms with E-state index in [1.807, 2.05) is 48.5 Å². The zero-order valence-electron chi connectivity index (χ0n) is 14.1. The number of carbonyl (C=O) groups excluding carboxylic acids is 1. The lowest BCUT2D eigenvalue weighted by Gasteiger charge is -2.08. The molecular formula is C18H16ClN5O2S. The summed E-state index contributed by atoms with van der Waals surface area (Å²) in [7, 11) is 0. The maximum atomic E-state index is 11.8. The van der Waals surface area contributed by atoms with Crippen molar-refractivity contribution in [3.05, 3.63) is 69.7 Å². The molecule has 2 aromatic carbocycles. The molecule has 0 aliphatic heterocycles. The van der Waals surface area contributed by atoms with E-state index >= 15 is 0 Å². The van der Waals surface area contributed by atoms with E-state index in [4.69, 9.17) is 22.1 Å². The van der Waals surface area contributed by atoms with Gasteiger partial charge in [-0.2, -0.15) is 5.10 Å². The summed E-state index contributed by atoms with van der Waals surface area (Å²) in [4.78, 5) is 11.8. The Balaban J connectivity index is 1.53. The second kappa shape index (κ2) is 9.11. The minimum absolute atomic E-state index is 0.0766. The number of nitrogens with one attached hydrogen (secondary N) is 1. The van der Waals surface area contributed by atoms with E-state index in [1.165, 1.54) is 17.6 Å². The first-order chi connectivity index (χ1) is 13.1. The van der Waals surface area contributed by atoms with Gasteiger partial charge in [-0.3, -0.25) is 4.79 Å². The average molecular weight is 402 g/mol. The number of hydrogen-bond acceptors (Lipinski definition) is 7. The summed E-state index contributed by atoms with van der Waals surface area (Å²) in [5.41, 5.74) is 9.61. The van der Waals surface area contributed by atoms with Crippen LogP contribution in [0.2, 0.25) is 5.02 Å². The van der Waals surface area contributed by atoms with Gasteiger partial charge in [-0.15, -0.1) is 10.2 Å².